The van der Waals surface area contributed by atoms with Crippen molar-refractivity contribution in [2.45, 2.75) is 26.8 Å². The number of hydrogen-bond donors (Lipinski definition) is 2. The van der Waals surface area contributed by atoms with Crippen molar-refractivity contribution in [3.63, 3.8) is 0 Å². The summed E-state index contributed by atoms with van der Waals surface area (Å²) in [6.45, 7) is 5.43. The van der Waals surface area contributed by atoms with Crippen LogP contribution in [0.15, 0.2) is 6.07 Å². The first-order chi connectivity index (χ1) is 7.93. The molecule has 1 heterocycles. The van der Waals surface area contributed by atoms with Crippen LogP contribution < -0.4 is 11.1 Å². The van der Waals surface area contributed by atoms with Gasteiger partial charge in [-0.3, -0.25) is 4.79 Å². The minimum atomic E-state index is -0.518. The zero-order valence-corrected chi connectivity index (χ0v) is 10.1. The van der Waals surface area contributed by atoms with Crippen LogP contribution in [0.5, 0.6) is 0 Å². The van der Waals surface area contributed by atoms with E-state index in [4.69, 9.17) is 11.0 Å². The van der Waals surface area contributed by atoms with Crippen molar-refractivity contribution >= 4 is 11.7 Å². The van der Waals surface area contributed by atoms with Crippen LogP contribution in [0.3, 0.4) is 0 Å². The zero-order valence-electron chi connectivity index (χ0n) is 10.1. The molecule has 90 valence electrons. The Balaban J connectivity index is 2.98. The van der Waals surface area contributed by atoms with E-state index in [9.17, 15) is 4.79 Å². The maximum absolute atomic E-state index is 11.2. The number of nitriles is 1. The molecular formula is C11H15N5O. The largest absolute Gasteiger partial charge is 0.368 e. The van der Waals surface area contributed by atoms with Gasteiger partial charge in [0.15, 0.2) is 0 Å². The summed E-state index contributed by atoms with van der Waals surface area (Å²) in [4.78, 5) is 19.3. The van der Waals surface area contributed by atoms with E-state index < -0.39 is 11.9 Å². The Hall–Kier alpha value is -2.16. The minimum absolute atomic E-state index is 0.0355. The van der Waals surface area contributed by atoms with Gasteiger partial charge >= 0.3 is 0 Å². The Labute approximate surface area is 99.9 Å². The number of anilines is 1. The van der Waals surface area contributed by atoms with Crippen LogP contribution in [0.4, 0.5) is 5.82 Å². The standard InChI is InChI=1S/C11H15N5O/c1-6(2)10(11(13)17)16-9-4-8(5-12)14-7(3)15-9/h4,6,10H,1-3H3,(H2,13,17)(H,14,15,16)/t10-/m0/s1. The highest BCUT2D eigenvalue weighted by Crippen LogP contribution is 2.11. The molecule has 0 radical (unpaired) electrons. The smallest absolute Gasteiger partial charge is 0.240 e. The molecular weight excluding hydrogens is 218 g/mol. The summed E-state index contributed by atoms with van der Waals surface area (Å²) < 4.78 is 0. The molecule has 0 bridgehead atoms. The molecule has 0 saturated heterocycles. The lowest BCUT2D eigenvalue weighted by atomic mass is 10.0. The maximum Gasteiger partial charge on any atom is 0.240 e. The van der Waals surface area contributed by atoms with Crippen LogP contribution in [0.2, 0.25) is 0 Å². The van der Waals surface area contributed by atoms with Crippen molar-refractivity contribution in [3.8, 4) is 6.07 Å². The van der Waals surface area contributed by atoms with Crippen molar-refractivity contribution in [1.29, 1.82) is 5.26 Å². The predicted octanol–water partition coefficient (Wildman–Crippen LogP) is 0.578. The number of carbonyl (C=O) groups excluding carboxylic acids is 1. The molecule has 3 N–H and O–H groups in total. The number of rotatable bonds is 4. The normalized spacial score (nSPS) is 11.9. The van der Waals surface area contributed by atoms with Crippen molar-refractivity contribution in [2.75, 3.05) is 5.32 Å². The lowest BCUT2D eigenvalue weighted by Crippen LogP contribution is -2.39. The van der Waals surface area contributed by atoms with Gasteiger partial charge < -0.3 is 11.1 Å². The van der Waals surface area contributed by atoms with E-state index in [-0.39, 0.29) is 11.6 Å². The third-order valence-corrected chi connectivity index (χ3v) is 2.23. The monoisotopic (exact) mass is 233 g/mol. The highest BCUT2D eigenvalue weighted by Gasteiger charge is 2.19. The second kappa shape index (κ2) is 5.25. The van der Waals surface area contributed by atoms with Gasteiger partial charge in [-0.1, -0.05) is 13.8 Å². The summed E-state index contributed by atoms with van der Waals surface area (Å²) >= 11 is 0. The number of nitrogens with one attached hydrogen (secondary N) is 1. The molecule has 0 saturated carbocycles. The summed E-state index contributed by atoms with van der Waals surface area (Å²) in [5, 5.41) is 11.7. The van der Waals surface area contributed by atoms with Gasteiger partial charge in [0.1, 0.15) is 29.4 Å². The van der Waals surface area contributed by atoms with E-state index in [2.05, 4.69) is 15.3 Å². The Morgan fingerprint density at radius 3 is 2.65 bits per heavy atom. The molecule has 1 amide bonds. The first-order valence-corrected chi connectivity index (χ1v) is 5.25. The van der Waals surface area contributed by atoms with Gasteiger partial charge in [0.25, 0.3) is 0 Å². The molecule has 1 atom stereocenters. The third-order valence-electron chi connectivity index (χ3n) is 2.23. The van der Waals surface area contributed by atoms with Crippen molar-refractivity contribution in [3.05, 3.63) is 17.6 Å². The first kappa shape index (κ1) is 12.9. The molecule has 0 fully saturated rings. The number of aryl methyl sites for hydroxylation is 1. The molecule has 0 aliphatic heterocycles. The fourth-order valence-electron chi connectivity index (χ4n) is 1.42. The topological polar surface area (TPSA) is 105 Å². The minimum Gasteiger partial charge on any atom is -0.368 e. The predicted molar refractivity (Wildman–Crippen MR) is 62.9 cm³/mol. The highest BCUT2D eigenvalue weighted by atomic mass is 16.1. The van der Waals surface area contributed by atoms with Gasteiger partial charge in [-0.15, -0.1) is 0 Å². The van der Waals surface area contributed by atoms with Crippen LogP contribution >= 0.6 is 0 Å². The Kier molecular flexibility index (Phi) is 3.99. The molecule has 1 aromatic heterocycles. The molecule has 17 heavy (non-hydrogen) atoms. The molecule has 0 aliphatic carbocycles. The average molecular weight is 233 g/mol. The van der Waals surface area contributed by atoms with Crippen molar-refractivity contribution in [1.82, 2.24) is 9.97 Å². The number of amides is 1. The van der Waals surface area contributed by atoms with E-state index in [0.29, 0.717) is 11.6 Å². The number of primary amides is 1. The van der Waals surface area contributed by atoms with Gasteiger partial charge in [-0.2, -0.15) is 5.26 Å². The molecule has 6 nitrogen and oxygen atoms in total. The molecule has 6 heteroatoms. The van der Waals surface area contributed by atoms with Crippen LogP contribution in [0, 0.1) is 24.2 Å². The first-order valence-electron chi connectivity index (χ1n) is 5.25. The lowest BCUT2D eigenvalue weighted by molar-refractivity contribution is -0.119. The number of hydrogen-bond acceptors (Lipinski definition) is 5. The Morgan fingerprint density at radius 2 is 2.18 bits per heavy atom. The second-order valence-corrected chi connectivity index (χ2v) is 4.07. The number of carbonyl (C=O) groups is 1. The lowest BCUT2D eigenvalue weighted by Gasteiger charge is -2.19. The average Bonchev–Trinajstić information content (AvgIpc) is 2.24. The fourth-order valence-corrected chi connectivity index (χ4v) is 1.42. The summed E-state index contributed by atoms with van der Waals surface area (Å²) in [6, 6.07) is 2.91. The molecule has 0 spiro atoms. The summed E-state index contributed by atoms with van der Waals surface area (Å²) in [5.74, 6) is 0.494. The summed E-state index contributed by atoms with van der Waals surface area (Å²) in [5.41, 5.74) is 5.54. The van der Waals surface area contributed by atoms with E-state index in [0.717, 1.165) is 0 Å². The Bertz CT molecular complexity index is 463. The van der Waals surface area contributed by atoms with E-state index in [1.807, 2.05) is 19.9 Å². The van der Waals surface area contributed by atoms with Crippen LogP contribution in [-0.4, -0.2) is 21.9 Å². The number of aromatic nitrogens is 2. The third kappa shape index (κ3) is 3.41. The van der Waals surface area contributed by atoms with Gasteiger partial charge in [0.05, 0.1) is 0 Å². The molecule has 1 aromatic rings. The van der Waals surface area contributed by atoms with Crippen LogP contribution in [-0.2, 0) is 4.79 Å². The van der Waals surface area contributed by atoms with Gasteiger partial charge in [-0.05, 0) is 12.8 Å². The van der Waals surface area contributed by atoms with Crippen LogP contribution in [0.25, 0.3) is 0 Å². The van der Waals surface area contributed by atoms with Gasteiger partial charge in [0, 0.05) is 6.07 Å². The Morgan fingerprint density at radius 1 is 1.53 bits per heavy atom. The van der Waals surface area contributed by atoms with E-state index in [1.54, 1.807) is 6.92 Å². The summed E-state index contributed by atoms with van der Waals surface area (Å²) in [6.07, 6.45) is 0. The van der Waals surface area contributed by atoms with Crippen molar-refractivity contribution in [2.24, 2.45) is 11.7 Å². The molecule has 0 aromatic carbocycles. The van der Waals surface area contributed by atoms with Gasteiger partial charge in [-0.25, -0.2) is 9.97 Å². The number of nitrogens with zero attached hydrogens (tertiary/aromatic N) is 3. The number of nitrogens with two attached hydrogens (primary N) is 1. The SMILES string of the molecule is Cc1nc(C#N)cc(N[C@H](C(N)=O)C(C)C)n1. The van der Waals surface area contributed by atoms with Gasteiger partial charge in [0.2, 0.25) is 5.91 Å². The molecule has 1 rings (SSSR count). The van der Waals surface area contributed by atoms with Crippen LogP contribution in [0.1, 0.15) is 25.4 Å². The van der Waals surface area contributed by atoms with Crippen molar-refractivity contribution < 1.29 is 4.79 Å². The summed E-state index contributed by atoms with van der Waals surface area (Å²) in [7, 11) is 0. The molecule has 0 aliphatic rings. The quantitative estimate of drug-likeness (QED) is 0.791. The zero-order chi connectivity index (χ0) is 13.0. The fraction of sp³-hybridized carbons (Fsp3) is 0.455. The van der Waals surface area contributed by atoms with E-state index >= 15 is 0 Å². The second-order valence-electron chi connectivity index (χ2n) is 4.07. The highest BCUT2D eigenvalue weighted by molar-refractivity contribution is 5.82. The maximum atomic E-state index is 11.2. The molecule has 0 unspecified atom stereocenters. The van der Waals surface area contributed by atoms with E-state index in [1.165, 1.54) is 6.07 Å².